The van der Waals surface area contributed by atoms with Gasteiger partial charge in [-0.3, -0.25) is 9.69 Å². The number of carbonyl (C=O) groups is 1. The molecule has 0 radical (unpaired) electrons. The predicted octanol–water partition coefficient (Wildman–Crippen LogP) is 5.90. The molecule has 5 rings (SSSR count). The molecular formula is C27H27ClN2O2. The number of fused-ring (bicyclic) bond motifs is 1. The lowest BCUT2D eigenvalue weighted by Gasteiger charge is -2.26. The maximum Gasteiger partial charge on any atom is 0.254 e. The molecule has 2 aromatic carbocycles. The second kappa shape index (κ2) is 9.35. The van der Waals surface area contributed by atoms with E-state index in [1.807, 2.05) is 65.6 Å². The zero-order valence-corrected chi connectivity index (χ0v) is 18.9. The van der Waals surface area contributed by atoms with Gasteiger partial charge in [-0.1, -0.05) is 48.0 Å². The lowest BCUT2D eigenvalue weighted by molar-refractivity contribution is 0.0718. The van der Waals surface area contributed by atoms with Crippen molar-refractivity contribution >= 4 is 29.7 Å². The average Bonchev–Trinajstić information content (AvgIpc) is 3.47. The Kier molecular flexibility index (Phi) is 6.15. The van der Waals surface area contributed by atoms with E-state index in [-0.39, 0.29) is 5.91 Å². The molecule has 1 saturated heterocycles. The highest BCUT2D eigenvalue weighted by Gasteiger charge is 2.25. The summed E-state index contributed by atoms with van der Waals surface area (Å²) in [5, 5.41) is 0.729. The van der Waals surface area contributed by atoms with Gasteiger partial charge in [0.05, 0.1) is 13.1 Å². The van der Waals surface area contributed by atoms with Gasteiger partial charge in [0.25, 0.3) is 5.91 Å². The van der Waals surface area contributed by atoms with Gasteiger partial charge in [0, 0.05) is 17.1 Å². The molecule has 1 aromatic heterocycles. The van der Waals surface area contributed by atoms with Crippen molar-refractivity contribution in [1.82, 2.24) is 9.80 Å². The molecule has 0 aliphatic carbocycles. The highest BCUT2D eigenvalue weighted by molar-refractivity contribution is 6.30. The first-order valence-corrected chi connectivity index (χ1v) is 11.7. The number of rotatable bonds is 5. The Morgan fingerprint density at radius 2 is 1.59 bits per heavy atom. The normalized spacial score (nSPS) is 16.6. The first-order chi connectivity index (χ1) is 15.6. The van der Waals surface area contributed by atoms with Crippen molar-refractivity contribution in [2.75, 3.05) is 19.6 Å². The third kappa shape index (κ3) is 4.82. The summed E-state index contributed by atoms with van der Waals surface area (Å²) in [4.78, 5) is 17.4. The quantitative estimate of drug-likeness (QED) is 0.458. The van der Waals surface area contributed by atoms with Gasteiger partial charge < -0.3 is 9.32 Å². The number of benzene rings is 2. The zero-order chi connectivity index (χ0) is 21.9. The largest absolute Gasteiger partial charge is 0.463 e. The summed E-state index contributed by atoms with van der Waals surface area (Å²) in [6.07, 6.45) is 7.48. The number of nitrogens with zero attached hydrogens (tertiary/aromatic N) is 2. The van der Waals surface area contributed by atoms with Crippen LogP contribution < -0.4 is 0 Å². The van der Waals surface area contributed by atoms with Gasteiger partial charge in [-0.15, -0.1) is 0 Å². The Morgan fingerprint density at radius 1 is 0.938 bits per heavy atom. The SMILES string of the molecule is O=C(c1ccc(C=Cc2ccc(Cl)cc2)cc1)N1CCc2cc(CN3CCCC3)oc2C1. The van der Waals surface area contributed by atoms with Crippen LogP contribution in [0.1, 0.15) is 51.4 Å². The Bertz CT molecular complexity index is 1110. The lowest BCUT2D eigenvalue weighted by atomic mass is 10.1. The minimum absolute atomic E-state index is 0.0568. The number of furan rings is 1. The van der Waals surface area contributed by atoms with Crippen LogP contribution in [-0.2, 0) is 19.5 Å². The van der Waals surface area contributed by atoms with Gasteiger partial charge >= 0.3 is 0 Å². The van der Waals surface area contributed by atoms with Gasteiger partial charge in [0.2, 0.25) is 0 Å². The highest BCUT2D eigenvalue weighted by Crippen LogP contribution is 2.26. The number of likely N-dealkylation sites (tertiary alicyclic amines) is 1. The van der Waals surface area contributed by atoms with Crippen LogP contribution >= 0.6 is 11.6 Å². The van der Waals surface area contributed by atoms with Crippen LogP contribution in [0.3, 0.4) is 0 Å². The fourth-order valence-electron chi connectivity index (χ4n) is 4.48. The maximum absolute atomic E-state index is 13.1. The van der Waals surface area contributed by atoms with Crippen molar-refractivity contribution in [2.45, 2.75) is 32.4 Å². The molecule has 3 aromatic rings. The Morgan fingerprint density at radius 3 is 2.28 bits per heavy atom. The minimum atomic E-state index is 0.0568. The maximum atomic E-state index is 13.1. The van der Waals surface area contributed by atoms with Gasteiger partial charge in [-0.05, 0) is 79.4 Å². The van der Waals surface area contributed by atoms with E-state index in [1.165, 1.54) is 18.4 Å². The average molecular weight is 447 g/mol. The Hall–Kier alpha value is -2.82. The lowest BCUT2D eigenvalue weighted by Crippen LogP contribution is -2.35. The third-order valence-corrected chi connectivity index (χ3v) is 6.55. The number of hydrogen-bond donors (Lipinski definition) is 0. The van der Waals surface area contributed by atoms with Crippen LogP contribution in [0.2, 0.25) is 5.02 Å². The Labute approximate surface area is 194 Å². The summed E-state index contributed by atoms with van der Waals surface area (Å²) >= 11 is 5.94. The zero-order valence-electron chi connectivity index (χ0n) is 18.1. The monoisotopic (exact) mass is 446 g/mol. The highest BCUT2D eigenvalue weighted by atomic mass is 35.5. The van der Waals surface area contributed by atoms with Crippen LogP contribution in [0, 0.1) is 0 Å². The molecule has 0 atom stereocenters. The molecule has 0 saturated carbocycles. The summed E-state index contributed by atoms with van der Waals surface area (Å²) in [6.45, 7) is 4.47. The van der Waals surface area contributed by atoms with E-state index in [9.17, 15) is 4.79 Å². The topological polar surface area (TPSA) is 36.7 Å². The molecule has 4 nitrogen and oxygen atoms in total. The summed E-state index contributed by atoms with van der Waals surface area (Å²) in [5.41, 5.74) is 4.10. The van der Waals surface area contributed by atoms with Crippen LogP contribution in [0.5, 0.6) is 0 Å². The van der Waals surface area contributed by atoms with E-state index in [0.29, 0.717) is 12.1 Å². The molecule has 0 unspecified atom stereocenters. The van der Waals surface area contributed by atoms with Crippen LogP contribution in [-0.4, -0.2) is 35.3 Å². The van der Waals surface area contributed by atoms with E-state index in [0.717, 1.165) is 60.3 Å². The summed E-state index contributed by atoms with van der Waals surface area (Å²) in [5.74, 6) is 2.03. The van der Waals surface area contributed by atoms with Crippen LogP contribution in [0.15, 0.2) is 59.0 Å². The molecule has 32 heavy (non-hydrogen) atoms. The van der Waals surface area contributed by atoms with E-state index >= 15 is 0 Å². The molecule has 5 heteroatoms. The fraction of sp³-hybridized carbons (Fsp3) is 0.296. The molecule has 1 fully saturated rings. The van der Waals surface area contributed by atoms with Gasteiger partial charge in [0.1, 0.15) is 11.5 Å². The van der Waals surface area contributed by atoms with Gasteiger partial charge in [-0.2, -0.15) is 0 Å². The minimum Gasteiger partial charge on any atom is -0.463 e. The van der Waals surface area contributed by atoms with E-state index in [4.69, 9.17) is 16.0 Å². The molecule has 1 amide bonds. The second-order valence-corrected chi connectivity index (χ2v) is 9.06. The molecular weight excluding hydrogens is 420 g/mol. The number of halogens is 1. The number of amides is 1. The molecule has 0 spiro atoms. The number of carbonyl (C=O) groups excluding carboxylic acids is 1. The summed E-state index contributed by atoms with van der Waals surface area (Å²) in [7, 11) is 0. The van der Waals surface area contributed by atoms with Gasteiger partial charge in [0.15, 0.2) is 0 Å². The molecule has 0 N–H and O–H groups in total. The smallest absolute Gasteiger partial charge is 0.254 e. The van der Waals surface area contributed by atoms with Crippen molar-refractivity contribution in [2.24, 2.45) is 0 Å². The van der Waals surface area contributed by atoms with Crippen LogP contribution in [0.25, 0.3) is 12.2 Å². The predicted molar refractivity (Wildman–Crippen MR) is 128 cm³/mol. The fourth-order valence-corrected chi connectivity index (χ4v) is 4.61. The second-order valence-electron chi connectivity index (χ2n) is 8.63. The van der Waals surface area contributed by atoms with Gasteiger partial charge in [-0.25, -0.2) is 0 Å². The Balaban J connectivity index is 1.22. The van der Waals surface area contributed by atoms with Crippen molar-refractivity contribution in [1.29, 1.82) is 0 Å². The van der Waals surface area contributed by atoms with E-state index in [1.54, 1.807) is 0 Å². The third-order valence-electron chi connectivity index (χ3n) is 6.29. The van der Waals surface area contributed by atoms with E-state index < -0.39 is 0 Å². The van der Waals surface area contributed by atoms with E-state index in [2.05, 4.69) is 11.0 Å². The summed E-state index contributed by atoms with van der Waals surface area (Å²) < 4.78 is 6.13. The number of hydrogen-bond acceptors (Lipinski definition) is 3. The molecule has 0 bridgehead atoms. The van der Waals surface area contributed by atoms with Crippen LogP contribution in [0.4, 0.5) is 0 Å². The molecule has 3 heterocycles. The molecule has 2 aliphatic rings. The van der Waals surface area contributed by atoms with Crippen molar-refractivity contribution in [3.05, 3.63) is 93.4 Å². The first kappa shape index (κ1) is 21.0. The van der Waals surface area contributed by atoms with Crippen molar-refractivity contribution < 1.29 is 9.21 Å². The first-order valence-electron chi connectivity index (χ1n) is 11.3. The molecule has 164 valence electrons. The van der Waals surface area contributed by atoms with Crippen molar-refractivity contribution in [3.8, 4) is 0 Å². The molecule has 2 aliphatic heterocycles. The standard InChI is InChI=1S/C27H27ClN2O2/c28-24-11-7-21(8-12-24)4-3-20-5-9-22(10-6-20)27(31)30-16-13-23-17-25(32-26(23)19-30)18-29-14-1-2-15-29/h3-12,17H,1-2,13-16,18-19H2. The van der Waals surface area contributed by atoms with Crippen molar-refractivity contribution in [3.63, 3.8) is 0 Å². The summed E-state index contributed by atoms with van der Waals surface area (Å²) in [6, 6.07) is 17.7.